The van der Waals surface area contributed by atoms with Crippen LogP contribution in [0.3, 0.4) is 0 Å². The van der Waals surface area contributed by atoms with Gasteiger partial charge in [-0.2, -0.15) is 0 Å². The lowest BCUT2D eigenvalue weighted by molar-refractivity contribution is -0.0758. The summed E-state index contributed by atoms with van der Waals surface area (Å²) in [6.45, 7) is 5.40. The Morgan fingerprint density at radius 2 is 2.10 bits per heavy atom. The second kappa shape index (κ2) is 5.69. The van der Waals surface area contributed by atoms with Gasteiger partial charge in [-0.05, 0) is 50.1 Å². The Balaban J connectivity index is 1.74. The standard InChI is InChI=1S/C17H24BrNO/c1-3-19-15-11-16(17(15)8-4-5-9-17)20-14-7-6-13(18)10-12(14)2/h6-7,10,15-16,19H,3-5,8-9,11H2,1-2H3. The molecule has 3 heteroatoms. The van der Waals surface area contributed by atoms with Crippen LogP contribution in [0.1, 0.15) is 44.6 Å². The molecule has 3 rings (SSSR count). The van der Waals surface area contributed by atoms with Crippen LogP contribution in [0.2, 0.25) is 0 Å². The summed E-state index contributed by atoms with van der Waals surface area (Å²) in [5.74, 6) is 1.06. The Labute approximate surface area is 130 Å². The number of hydrogen-bond donors (Lipinski definition) is 1. The van der Waals surface area contributed by atoms with E-state index in [2.05, 4.69) is 53.3 Å². The van der Waals surface area contributed by atoms with Crippen molar-refractivity contribution in [2.45, 2.75) is 58.1 Å². The van der Waals surface area contributed by atoms with Crippen LogP contribution in [0.4, 0.5) is 0 Å². The third kappa shape index (κ3) is 2.39. The molecule has 110 valence electrons. The van der Waals surface area contributed by atoms with Gasteiger partial charge in [0, 0.05) is 22.4 Å². The Morgan fingerprint density at radius 1 is 1.35 bits per heavy atom. The molecule has 0 aromatic heterocycles. The summed E-state index contributed by atoms with van der Waals surface area (Å²) in [6.07, 6.45) is 6.93. The summed E-state index contributed by atoms with van der Waals surface area (Å²) < 4.78 is 7.51. The quantitative estimate of drug-likeness (QED) is 0.876. The molecule has 2 atom stereocenters. The molecule has 1 N–H and O–H groups in total. The predicted molar refractivity (Wildman–Crippen MR) is 86.3 cm³/mol. The van der Waals surface area contributed by atoms with Crippen molar-refractivity contribution in [2.24, 2.45) is 5.41 Å². The summed E-state index contributed by atoms with van der Waals surface area (Å²) in [5.41, 5.74) is 1.62. The van der Waals surface area contributed by atoms with E-state index in [1.54, 1.807) is 0 Å². The molecule has 2 aliphatic rings. The Hall–Kier alpha value is -0.540. The van der Waals surface area contributed by atoms with Crippen LogP contribution in [0.15, 0.2) is 22.7 Å². The van der Waals surface area contributed by atoms with Crippen molar-refractivity contribution >= 4 is 15.9 Å². The van der Waals surface area contributed by atoms with Crippen LogP contribution in [-0.2, 0) is 0 Å². The second-order valence-electron chi connectivity index (χ2n) is 6.30. The zero-order chi connectivity index (χ0) is 14.2. The summed E-state index contributed by atoms with van der Waals surface area (Å²) in [4.78, 5) is 0. The molecule has 0 amide bonds. The minimum Gasteiger partial charge on any atom is -0.489 e. The van der Waals surface area contributed by atoms with E-state index in [9.17, 15) is 0 Å². The van der Waals surface area contributed by atoms with E-state index in [1.807, 2.05) is 0 Å². The van der Waals surface area contributed by atoms with Crippen molar-refractivity contribution in [1.82, 2.24) is 5.32 Å². The molecule has 2 aliphatic carbocycles. The van der Waals surface area contributed by atoms with Crippen molar-refractivity contribution in [3.8, 4) is 5.75 Å². The molecule has 0 saturated heterocycles. The van der Waals surface area contributed by atoms with Crippen LogP contribution >= 0.6 is 15.9 Å². The fourth-order valence-electron chi connectivity index (χ4n) is 4.05. The molecular formula is C17H24BrNO. The average Bonchev–Trinajstić information content (AvgIpc) is 2.92. The Morgan fingerprint density at radius 3 is 2.75 bits per heavy atom. The van der Waals surface area contributed by atoms with E-state index in [4.69, 9.17) is 4.74 Å². The summed E-state index contributed by atoms with van der Waals surface area (Å²) in [6, 6.07) is 6.97. The highest BCUT2D eigenvalue weighted by molar-refractivity contribution is 9.10. The topological polar surface area (TPSA) is 21.3 Å². The highest BCUT2D eigenvalue weighted by Gasteiger charge is 2.57. The largest absolute Gasteiger partial charge is 0.489 e. The Kier molecular flexibility index (Phi) is 4.09. The molecule has 2 unspecified atom stereocenters. The Bertz CT molecular complexity index is 482. The molecule has 1 aromatic carbocycles. The van der Waals surface area contributed by atoms with Crippen molar-refractivity contribution in [3.63, 3.8) is 0 Å². The van der Waals surface area contributed by atoms with E-state index in [0.29, 0.717) is 17.6 Å². The fraction of sp³-hybridized carbons (Fsp3) is 0.647. The van der Waals surface area contributed by atoms with Gasteiger partial charge < -0.3 is 10.1 Å². The summed E-state index contributed by atoms with van der Waals surface area (Å²) >= 11 is 3.52. The lowest BCUT2D eigenvalue weighted by Crippen LogP contribution is -2.63. The minimum atomic E-state index is 0.397. The number of halogens is 1. The minimum absolute atomic E-state index is 0.397. The second-order valence-corrected chi connectivity index (χ2v) is 7.22. The first-order chi connectivity index (χ1) is 9.65. The first-order valence-corrected chi connectivity index (χ1v) is 8.61. The normalized spacial score (nSPS) is 27.6. The highest BCUT2D eigenvalue weighted by Crippen LogP contribution is 2.54. The van der Waals surface area contributed by atoms with Gasteiger partial charge in [-0.1, -0.05) is 35.7 Å². The summed E-state index contributed by atoms with van der Waals surface area (Å²) in [5, 5.41) is 3.67. The van der Waals surface area contributed by atoms with Gasteiger partial charge in [-0.3, -0.25) is 0 Å². The van der Waals surface area contributed by atoms with Gasteiger partial charge in [0.05, 0.1) is 0 Å². The van der Waals surface area contributed by atoms with Crippen LogP contribution in [-0.4, -0.2) is 18.7 Å². The maximum atomic E-state index is 6.39. The van der Waals surface area contributed by atoms with Crippen LogP contribution in [0, 0.1) is 12.3 Å². The lowest BCUT2D eigenvalue weighted by atomic mass is 9.60. The van der Waals surface area contributed by atoms with Gasteiger partial charge in [0.2, 0.25) is 0 Å². The molecule has 1 aromatic rings. The van der Waals surface area contributed by atoms with Gasteiger partial charge in [0.15, 0.2) is 0 Å². The number of ether oxygens (including phenoxy) is 1. The SMILES string of the molecule is CCNC1CC(Oc2ccc(Br)cc2C)C12CCCC2. The van der Waals surface area contributed by atoms with Crippen molar-refractivity contribution in [2.75, 3.05) is 6.54 Å². The first-order valence-electron chi connectivity index (χ1n) is 7.82. The first kappa shape index (κ1) is 14.4. The van der Waals surface area contributed by atoms with E-state index in [0.717, 1.165) is 23.2 Å². The number of nitrogens with one attached hydrogen (secondary N) is 1. The average molecular weight is 338 g/mol. The fourth-order valence-corrected chi connectivity index (χ4v) is 4.52. The molecule has 0 bridgehead atoms. The van der Waals surface area contributed by atoms with E-state index < -0.39 is 0 Å². The van der Waals surface area contributed by atoms with Gasteiger partial charge >= 0.3 is 0 Å². The number of benzene rings is 1. The van der Waals surface area contributed by atoms with Crippen LogP contribution in [0.25, 0.3) is 0 Å². The van der Waals surface area contributed by atoms with Crippen molar-refractivity contribution in [1.29, 1.82) is 0 Å². The molecule has 20 heavy (non-hydrogen) atoms. The molecule has 2 nitrogen and oxygen atoms in total. The van der Waals surface area contributed by atoms with Crippen molar-refractivity contribution < 1.29 is 4.74 Å². The van der Waals surface area contributed by atoms with Gasteiger partial charge in [0.1, 0.15) is 11.9 Å². The maximum absolute atomic E-state index is 6.39. The third-order valence-electron chi connectivity index (χ3n) is 5.18. The number of aryl methyl sites for hydroxylation is 1. The lowest BCUT2D eigenvalue weighted by Gasteiger charge is -2.54. The number of hydrogen-bond acceptors (Lipinski definition) is 2. The van der Waals surface area contributed by atoms with Crippen LogP contribution in [0.5, 0.6) is 5.75 Å². The zero-order valence-electron chi connectivity index (χ0n) is 12.4. The summed E-state index contributed by atoms with van der Waals surface area (Å²) in [7, 11) is 0. The monoisotopic (exact) mass is 337 g/mol. The van der Waals surface area contributed by atoms with Gasteiger partial charge in [-0.15, -0.1) is 0 Å². The maximum Gasteiger partial charge on any atom is 0.122 e. The van der Waals surface area contributed by atoms with Crippen molar-refractivity contribution in [3.05, 3.63) is 28.2 Å². The molecule has 2 fully saturated rings. The van der Waals surface area contributed by atoms with E-state index >= 15 is 0 Å². The molecule has 2 saturated carbocycles. The van der Waals surface area contributed by atoms with Gasteiger partial charge in [-0.25, -0.2) is 0 Å². The molecule has 0 aliphatic heterocycles. The van der Waals surface area contributed by atoms with E-state index in [1.165, 1.54) is 31.2 Å². The molecule has 0 heterocycles. The van der Waals surface area contributed by atoms with Crippen LogP contribution < -0.4 is 10.1 Å². The third-order valence-corrected chi connectivity index (χ3v) is 5.67. The molecule has 0 radical (unpaired) electrons. The molecular weight excluding hydrogens is 314 g/mol. The molecule has 1 spiro atoms. The highest BCUT2D eigenvalue weighted by atomic mass is 79.9. The van der Waals surface area contributed by atoms with Gasteiger partial charge in [0.25, 0.3) is 0 Å². The predicted octanol–water partition coefficient (Wildman–Crippen LogP) is 4.45. The smallest absolute Gasteiger partial charge is 0.122 e. The van der Waals surface area contributed by atoms with E-state index in [-0.39, 0.29) is 0 Å². The zero-order valence-corrected chi connectivity index (χ0v) is 14.0. The number of rotatable bonds is 4.